The zero-order chi connectivity index (χ0) is 38.4. The molecule has 0 aromatic heterocycles. The van der Waals surface area contributed by atoms with Gasteiger partial charge in [-0.05, 0) is 44.9 Å². The van der Waals surface area contributed by atoms with Crippen LogP contribution in [0.3, 0.4) is 0 Å². The van der Waals surface area contributed by atoms with E-state index in [1.165, 1.54) is 96.3 Å². The summed E-state index contributed by atoms with van der Waals surface area (Å²) in [5.74, 6) is -1.02. The van der Waals surface area contributed by atoms with Crippen LogP contribution in [-0.4, -0.2) is 65.7 Å². The van der Waals surface area contributed by atoms with Crippen LogP contribution in [0.4, 0.5) is 0 Å². The van der Waals surface area contributed by atoms with Crippen molar-refractivity contribution in [2.75, 3.05) is 26.4 Å². The third-order valence-corrected chi connectivity index (χ3v) is 9.87. The van der Waals surface area contributed by atoms with Gasteiger partial charge < -0.3 is 24.6 Å². The summed E-state index contributed by atoms with van der Waals surface area (Å²) < 4.78 is 32.5. The van der Waals surface area contributed by atoms with Gasteiger partial charge in [0.05, 0.1) is 26.4 Å². The summed E-state index contributed by atoms with van der Waals surface area (Å²) in [5.41, 5.74) is 0. The third-order valence-electron chi connectivity index (χ3n) is 8.92. The summed E-state index contributed by atoms with van der Waals surface area (Å²) in [6, 6.07) is 0. The van der Waals surface area contributed by atoms with Crippen LogP contribution in [0.1, 0.15) is 187 Å². The zero-order valence-electron chi connectivity index (χ0n) is 33.0. The fraction of sp³-hybridized carbons (Fsp3) is 0.854. The minimum Gasteiger partial charge on any atom is -0.457 e. The Morgan fingerprint density at radius 1 is 0.519 bits per heavy atom. The number of rotatable bonds is 39. The van der Waals surface area contributed by atoms with Crippen LogP contribution in [0.2, 0.25) is 0 Å². The number of hydrogen-bond acceptors (Lipinski definition) is 9. The number of allylic oxidation sites excluding steroid dienone is 4. The van der Waals surface area contributed by atoms with Crippen molar-refractivity contribution in [3.8, 4) is 0 Å². The van der Waals surface area contributed by atoms with Gasteiger partial charge in [-0.1, -0.05) is 154 Å². The summed E-state index contributed by atoms with van der Waals surface area (Å²) in [5, 5.41) is 19.1. The molecule has 0 aliphatic rings. The topological polar surface area (TPSA) is 149 Å². The lowest BCUT2D eigenvalue weighted by Gasteiger charge is -2.20. The molecule has 0 aliphatic carbocycles. The number of aliphatic hydroxyl groups excluding tert-OH is 2. The molecule has 0 aliphatic heterocycles. The van der Waals surface area contributed by atoms with Gasteiger partial charge in [0, 0.05) is 12.8 Å². The second-order valence-electron chi connectivity index (χ2n) is 14.0. The molecule has 0 aromatic carbocycles. The van der Waals surface area contributed by atoms with Gasteiger partial charge in [0.1, 0.15) is 12.2 Å². The first-order chi connectivity index (χ1) is 25.3. The fourth-order valence-electron chi connectivity index (χ4n) is 5.67. The van der Waals surface area contributed by atoms with E-state index in [0.717, 1.165) is 51.4 Å². The second-order valence-corrected chi connectivity index (χ2v) is 15.4. The minimum atomic E-state index is -4.63. The molecule has 3 atom stereocenters. The van der Waals surface area contributed by atoms with Crippen molar-refractivity contribution in [2.24, 2.45) is 0 Å². The lowest BCUT2D eigenvalue weighted by atomic mass is 10.1. The largest absolute Gasteiger partial charge is 0.472 e. The summed E-state index contributed by atoms with van der Waals surface area (Å²) in [4.78, 5) is 34.4. The molecule has 0 amide bonds. The molecule has 0 aromatic rings. The van der Waals surface area contributed by atoms with Crippen molar-refractivity contribution in [3.05, 3.63) is 24.3 Å². The van der Waals surface area contributed by atoms with Gasteiger partial charge in [0.15, 0.2) is 0 Å². The van der Waals surface area contributed by atoms with Crippen molar-refractivity contribution in [1.82, 2.24) is 0 Å². The average molecular weight is 761 g/mol. The van der Waals surface area contributed by atoms with Gasteiger partial charge in [-0.25, -0.2) is 4.57 Å². The number of carbonyl (C=O) groups is 2. The van der Waals surface area contributed by atoms with E-state index in [1.807, 2.05) is 0 Å². The van der Waals surface area contributed by atoms with Crippen LogP contribution in [0.5, 0.6) is 0 Å². The third kappa shape index (κ3) is 35.5. The number of phosphoric ester groups is 1. The van der Waals surface area contributed by atoms with Crippen LogP contribution in [-0.2, 0) is 32.7 Å². The summed E-state index contributed by atoms with van der Waals surface area (Å²) in [7, 11) is -4.63. The molecule has 0 saturated heterocycles. The molecule has 0 rings (SSSR count). The van der Waals surface area contributed by atoms with E-state index < -0.39 is 58.4 Å². The highest BCUT2D eigenvalue weighted by Gasteiger charge is 2.27. The fourth-order valence-corrected chi connectivity index (χ4v) is 6.46. The molecular formula is C41H77O10P. The average Bonchev–Trinajstić information content (AvgIpc) is 3.13. The smallest absolute Gasteiger partial charge is 0.457 e. The summed E-state index contributed by atoms with van der Waals surface area (Å²) in [6.07, 6.45) is 35.8. The molecule has 0 fully saturated rings. The number of hydrogen-bond donors (Lipinski definition) is 3. The first-order valence-electron chi connectivity index (χ1n) is 20.8. The van der Waals surface area contributed by atoms with Gasteiger partial charge in [0.25, 0.3) is 0 Å². The minimum absolute atomic E-state index is 0.185. The Morgan fingerprint density at radius 3 is 1.21 bits per heavy atom. The normalized spacial score (nSPS) is 14.2. The Morgan fingerprint density at radius 2 is 0.846 bits per heavy atom. The van der Waals surface area contributed by atoms with Crippen molar-refractivity contribution < 1.29 is 47.8 Å². The quantitative estimate of drug-likeness (QED) is 0.0239. The molecule has 0 radical (unpaired) electrons. The van der Waals surface area contributed by atoms with Crippen LogP contribution in [0.25, 0.3) is 0 Å². The highest BCUT2D eigenvalue weighted by molar-refractivity contribution is 7.47. The van der Waals surface area contributed by atoms with Crippen LogP contribution < -0.4 is 0 Å². The van der Waals surface area contributed by atoms with Gasteiger partial charge in [-0.3, -0.25) is 18.6 Å². The van der Waals surface area contributed by atoms with Crippen molar-refractivity contribution >= 4 is 19.8 Å². The predicted octanol–water partition coefficient (Wildman–Crippen LogP) is 10.6. The lowest BCUT2D eigenvalue weighted by molar-refractivity contribution is -0.153. The molecule has 11 heteroatoms. The summed E-state index contributed by atoms with van der Waals surface area (Å²) >= 11 is 0. The van der Waals surface area contributed by atoms with Crippen LogP contribution >= 0.6 is 7.82 Å². The second kappa shape index (κ2) is 37.8. The van der Waals surface area contributed by atoms with Crippen molar-refractivity contribution in [2.45, 2.75) is 199 Å². The Labute approximate surface area is 317 Å². The lowest BCUT2D eigenvalue weighted by Crippen LogP contribution is -2.28. The Hall–Kier alpha value is -1.55. The van der Waals surface area contributed by atoms with E-state index in [-0.39, 0.29) is 12.8 Å². The Balaban J connectivity index is 3.93. The van der Waals surface area contributed by atoms with Crippen molar-refractivity contribution in [3.63, 3.8) is 0 Å². The standard InChI is InChI=1S/C41H77O10P/c1-3-5-7-9-11-13-15-16-17-18-19-20-21-23-25-27-29-31-33-41(45)51-39(35-43)37-49-52(46,47)48-36-38(34-42)50-40(44)32-30-28-26-24-22-14-12-10-8-6-4-2/h13,15,17-18,38-39,42-43H,3-12,14,16,19-37H2,1-2H3,(H,46,47)/b15-13-,18-17-. The maximum atomic E-state index is 12.3. The van der Waals surface area contributed by atoms with E-state index in [9.17, 15) is 29.3 Å². The van der Waals surface area contributed by atoms with Gasteiger partial charge >= 0.3 is 19.8 Å². The first-order valence-corrected chi connectivity index (χ1v) is 22.3. The maximum absolute atomic E-state index is 12.3. The number of unbranched alkanes of at least 4 members (excludes halogenated alkanes) is 21. The molecule has 0 saturated carbocycles. The summed E-state index contributed by atoms with van der Waals surface area (Å²) in [6.45, 7) is 2.17. The molecule has 52 heavy (non-hydrogen) atoms. The molecule has 0 bridgehead atoms. The van der Waals surface area contributed by atoms with Crippen molar-refractivity contribution in [1.29, 1.82) is 0 Å². The van der Waals surface area contributed by atoms with E-state index >= 15 is 0 Å². The molecular weight excluding hydrogens is 683 g/mol. The first kappa shape index (κ1) is 50.5. The predicted molar refractivity (Wildman–Crippen MR) is 210 cm³/mol. The highest BCUT2D eigenvalue weighted by Crippen LogP contribution is 2.43. The zero-order valence-corrected chi connectivity index (χ0v) is 33.9. The van der Waals surface area contributed by atoms with Crippen LogP contribution in [0, 0.1) is 0 Å². The number of esters is 2. The number of carbonyl (C=O) groups excluding carboxylic acids is 2. The van der Waals surface area contributed by atoms with Gasteiger partial charge in [-0.15, -0.1) is 0 Å². The van der Waals surface area contributed by atoms with Gasteiger partial charge in [0.2, 0.25) is 0 Å². The van der Waals surface area contributed by atoms with Crippen LogP contribution in [0.15, 0.2) is 24.3 Å². The van der Waals surface area contributed by atoms with Gasteiger partial charge in [-0.2, -0.15) is 0 Å². The van der Waals surface area contributed by atoms with E-state index in [0.29, 0.717) is 12.8 Å². The molecule has 0 spiro atoms. The van der Waals surface area contributed by atoms with E-state index in [1.54, 1.807) is 0 Å². The molecule has 0 heterocycles. The molecule has 10 nitrogen and oxygen atoms in total. The number of aliphatic hydroxyl groups is 2. The monoisotopic (exact) mass is 761 g/mol. The molecule has 3 unspecified atom stereocenters. The molecule has 3 N–H and O–H groups in total. The van der Waals surface area contributed by atoms with E-state index in [2.05, 4.69) is 38.2 Å². The Kier molecular flexibility index (Phi) is 36.6. The molecule has 306 valence electrons. The highest BCUT2D eigenvalue weighted by atomic mass is 31.2. The SMILES string of the molecule is CCCCCC/C=C\C/C=C\CCCCCCCCCC(=O)OC(CO)COP(=O)(O)OCC(CO)OC(=O)CCCCCCCCCCCCC. The van der Waals surface area contributed by atoms with E-state index in [4.69, 9.17) is 18.5 Å². The Bertz CT molecular complexity index is 925. The maximum Gasteiger partial charge on any atom is 0.472 e. The number of phosphoric acid groups is 1. The number of ether oxygens (including phenoxy) is 2.